The molecule has 1 N–H and O–H groups in total. The van der Waals surface area contributed by atoms with E-state index in [4.69, 9.17) is 13.9 Å². The third-order valence-corrected chi connectivity index (χ3v) is 5.02. The summed E-state index contributed by atoms with van der Waals surface area (Å²) in [5.41, 5.74) is 4.10. The van der Waals surface area contributed by atoms with Crippen LogP contribution in [0.4, 0.5) is 0 Å². The van der Waals surface area contributed by atoms with Gasteiger partial charge in [-0.2, -0.15) is 0 Å². The van der Waals surface area contributed by atoms with Crippen LogP contribution in [-0.2, 0) is 11.3 Å². The number of amides is 1. The first-order valence-corrected chi connectivity index (χ1v) is 10.2. The maximum atomic E-state index is 12.5. The number of ether oxygens (including phenoxy) is 2. The Balaban J connectivity index is 1.27. The SMILES string of the molecule is COc1ccc2oc(C(=O)N[C@H](C)COCc3ccc(-c4ccccc4)cc3)cc2c1. The average molecular weight is 415 g/mol. The fourth-order valence-electron chi connectivity index (χ4n) is 3.37. The lowest BCUT2D eigenvalue weighted by atomic mass is 10.0. The van der Waals surface area contributed by atoms with Crippen molar-refractivity contribution in [3.8, 4) is 16.9 Å². The fraction of sp³-hybridized carbons (Fsp3) is 0.192. The summed E-state index contributed by atoms with van der Waals surface area (Å²) in [6, 6.07) is 25.6. The van der Waals surface area contributed by atoms with Gasteiger partial charge in [0.2, 0.25) is 0 Å². The zero-order valence-corrected chi connectivity index (χ0v) is 17.6. The summed E-state index contributed by atoms with van der Waals surface area (Å²) in [6.07, 6.45) is 0. The molecule has 3 aromatic carbocycles. The van der Waals surface area contributed by atoms with E-state index < -0.39 is 0 Å². The molecule has 1 heterocycles. The van der Waals surface area contributed by atoms with Crippen molar-refractivity contribution in [2.24, 2.45) is 0 Å². The zero-order valence-electron chi connectivity index (χ0n) is 17.6. The second-order valence-electron chi connectivity index (χ2n) is 7.47. The monoisotopic (exact) mass is 415 g/mol. The molecule has 0 bridgehead atoms. The van der Waals surface area contributed by atoms with Crippen molar-refractivity contribution in [2.75, 3.05) is 13.7 Å². The van der Waals surface area contributed by atoms with E-state index in [9.17, 15) is 4.79 Å². The summed E-state index contributed by atoms with van der Waals surface area (Å²) in [4.78, 5) is 12.5. The normalized spacial score (nSPS) is 11.9. The van der Waals surface area contributed by atoms with Crippen LogP contribution >= 0.6 is 0 Å². The molecule has 4 rings (SSSR count). The minimum atomic E-state index is -0.265. The van der Waals surface area contributed by atoms with Crippen molar-refractivity contribution in [2.45, 2.75) is 19.6 Å². The number of hydrogen-bond donors (Lipinski definition) is 1. The van der Waals surface area contributed by atoms with E-state index in [0.29, 0.717) is 18.8 Å². The van der Waals surface area contributed by atoms with Crippen LogP contribution in [0.1, 0.15) is 23.0 Å². The van der Waals surface area contributed by atoms with Crippen LogP contribution < -0.4 is 10.1 Å². The average Bonchev–Trinajstić information content (AvgIpc) is 3.23. The summed E-state index contributed by atoms with van der Waals surface area (Å²) in [6.45, 7) is 2.79. The van der Waals surface area contributed by atoms with E-state index in [1.165, 1.54) is 11.1 Å². The number of fused-ring (bicyclic) bond motifs is 1. The van der Waals surface area contributed by atoms with Crippen molar-refractivity contribution >= 4 is 16.9 Å². The van der Waals surface area contributed by atoms with Crippen molar-refractivity contribution in [3.05, 3.63) is 90.2 Å². The molecule has 0 aliphatic heterocycles. The predicted molar refractivity (Wildman–Crippen MR) is 121 cm³/mol. The van der Waals surface area contributed by atoms with E-state index in [-0.39, 0.29) is 17.7 Å². The molecule has 0 radical (unpaired) electrons. The highest BCUT2D eigenvalue weighted by molar-refractivity contribution is 5.96. The first-order valence-electron chi connectivity index (χ1n) is 10.2. The molecule has 31 heavy (non-hydrogen) atoms. The molecule has 0 spiro atoms. The maximum Gasteiger partial charge on any atom is 0.287 e. The van der Waals surface area contributed by atoms with Crippen LogP contribution in [0.3, 0.4) is 0 Å². The van der Waals surface area contributed by atoms with Gasteiger partial charge in [0.1, 0.15) is 11.3 Å². The molecule has 1 atom stereocenters. The van der Waals surface area contributed by atoms with Crippen LogP contribution in [0.2, 0.25) is 0 Å². The highest BCUT2D eigenvalue weighted by Crippen LogP contribution is 2.24. The molecule has 0 saturated carbocycles. The van der Waals surface area contributed by atoms with Crippen LogP contribution in [0, 0.1) is 0 Å². The van der Waals surface area contributed by atoms with Crippen LogP contribution in [0.25, 0.3) is 22.1 Å². The quantitative estimate of drug-likeness (QED) is 0.416. The Labute approximate surface area is 181 Å². The summed E-state index contributed by atoms with van der Waals surface area (Å²) < 4.78 is 16.6. The highest BCUT2D eigenvalue weighted by Gasteiger charge is 2.15. The molecule has 0 unspecified atom stereocenters. The Morgan fingerprint density at radius 1 is 0.968 bits per heavy atom. The molecule has 1 amide bonds. The van der Waals surface area contributed by atoms with Gasteiger partial charge >= 0.3 is 0 Å². The van der Waals surface area contributed by atoms with Gasteiger partial charge in [0.25, 0.3) is 5.91 Å². The van der Waals surface area contributed by atoms with Crippen molar-refractivity contribution in [1.82, 2.24) is 5.32 Å². The van der Waals surface area contributed by atoms with Gasteiger partial charge in [-0.15, -0.1) is 0 Å². The molecule has 4 aromatic rings. The number of nitrogens with one attached hydrogen (secondary N) is 1. The number of benzene rings is 3. The van der Waals surface area contributed by atoms with Gasteiger partial charge < -0.3 is 19.2 Å². The first-order chi connectivity index (χ1) is 15.1. The summed E-state index contributed by atoms with van der Waals surface area (Å²) >= 11 is 0. The maximum absolute atomic E-state index is 12.5. The second-order valence-corrected chi connectivity index (χ2v) is 7.47. The van der Waals surface area contributed by atoms with Gasteiger partial charge in [0.15, 0.2) is 5.76 Å². The Kier molecular flexibility index (Phi) is 6.34. The molecule has 0 fully saturated rings. The van der Waals surface area contributed by atoms with E-state index >= 15 is 0 Å². The number of furan rings is 1. The van der Waals surface area contributed by atoms with E-state index in [2.05, 4.69) is 41.7 Å². The lowest BCUT2D eigenvalue weighted by Crippen LogP contribution is -2.35. The molecule has 0 saturated heterocycles. The molecule has 0 aliphatic carbocycles. The fourth-order valence-corrected chi connectivity index (χ4v) is 3.37. The molecular formula is C26H25NO4. The van der Waals surface area contributed by atoms with Crippen molar-refractivity contribution in [3.63, 3.8) is 0 Å². The standard InChI is InChI=1S/C26H25NO4/c1-18(27-26(28)25-15-22-14-23(29-2)12-13-24(22)31-25)16-30-17-19-8-10-21(11-9-19)20-6-4-3-5-7-20/h3-15,18H,16-17H2,1-2H3,(H,27,28)/t18-/m1/s1. The number of carbonyl (C=O) groups is 1. The topological polar surface area (TPSA) is 60.7 Å². The van der Waals surface area contributed by atoms with Gasteiger partial charge in [-0.25, -0.2) is 0 Å². The van der Waals surface area contributed by atoms with E-state index in [1.54, 1.807) is 25.3 Å². The van der Waals surface area contributed by atoms with E-state index in [0.717, 1.165) is 16.7 Å². The Morgan fingerprint density at radius 3 is 2.45 bits per heavy atom. The highest BCUT2D eigenvalue weighted by atomic mass is 16.5. The lowest BCUT2D eigenvalue weighted by molar-refractivity contribution is 0.0801. The molecule has 5 heteroatoms. The van der Waals surface area contributed by atoms with Crippen LogP contribution in [0.5, 0.6) is 5.75 Å². The molecule has 158 valence electrons. The Morgan fingerprint density at radius 2 is 1.71 bits per heavy atom. The number of hydrogen-bond acceptors (Lipinski definition) is 4. The third kappa shape index (κ3) is 5.13. The Hall–Kier alpha value is -3.57. The molecule has 0 aliphatic rings. The minimum Gasteiger partial charge on any atom is -0.497 e. The summed E-state index contributed by atoms with van der Waals surface area (Å²) in [7, 11) is 1.61. The van der Waals surface area contributed by atoms with Gasteiger partial charge in [-0.3, -0.25) is 4.79 Å². The van der Waals surface area contributed by atoms with Crippen LogP contribution in [-0.4, -0.2) is 25.7 Å². The van der Waals surface area contributed by atoms with Crippen LogP contribution in [0.15, 0.2) is 83.3 Å². The minimum absolute atomic E-state index is 0.154. The molecule has 5 nitrogen and oxygen atoms in total. The van der Waals surface area contributed by atoms with Gasteiger partial charge in [-0.1, -0.05) is 54.6 Å². The first kappa shape index (κ1) is 20.7. The lowest BCUT2D eigenvalue weighted by Gasteiger charge is -2.13. The third-order valence-electron chi connectivity index (χ3n) is 5.02. The number of methoxy groups -OCH3 is 1. The summed E-state index contributed by atoms with van der Waals surface area (Å²) in [5.74, 6) is 0.726. The van der Waals surface area contributed by atoms with Crippen molar-refractivity contribution < 1.29 is 18.7 Å². The number of carbonyl (C=O) groups excluding carboxylic acids is 1. The molecular weight excluding hydrogens is 390 g/mol. The number of rotatable bonds is 8. The Bertz CT molecular complexity index is 1150. The van der Waals surface area contributed by atoms with E-state index in [1.807, 2.05) is 31.2 Å². The predicted octanol–water partition coefficient (Wildman–Crippen LogP) is 5.44. The van der Waals surface area contributed by atoms with Crippen molar-refractivity contribution in [1.29, 1.82) is 0 Å². The molecule has 1 aromatic heterocycles. The second kappa shape index (κ2) is 9.49. The van der Waals surface area contributed by atoms with Gasteiger partial charge in [0.05, 0.1) is 20.3 Å². The smallest absolute Gasteiger partial charge is 0.287 e. The zero-order chi connectivity index (χ0) is 21.6. The van der Waals surface area contributed by atoms with Gasteiger partial charge in [-0.05, 0) is 47.9 Å². The van der Waals surface area contributed by atoms with Gasteiger partial charge in [0, 0.05) is 11.4 Å². The summed E-state index contributed by atoms with van der Waals surface area (Å²) in [5, 5.41) is 3.74. The largest absolute Gasteiger partial charge is 0.497 e.